The van der Waals surface area contributed by atoms with Crippen molar-refractivity contribution >= 4 is 23.4 Å². The molecule has 0 aliphatic heterocycles. The SMILES string of the molecule is Cc1ccccc1Nc1nnc(SCc2c(F)cccc2F)n1-c1ccc(F)cc1. The molecule has 0 amide bonds. The van der Waals surface area contributed by atoms with E-state index in [0.717, 1.165) is 23.0 Å². The van der Waals surface area contributed by atoms with E-state index in [1.807, 2.05) is 31.2 Å². The average molecular weight is 426 g/mol. The number of aromatic nitrogens is 3. The summed E-state index contributed by atoms with van der Waals surface area (Å²) in [6.45, 7) is 1.96. The van der Waals surface area contributed by atoms with Gasteiger partial charge in [0.05, 0.1) is 5.69 Å². The Kier molecular flexibility index (Phi) is 5.76. The van der Waals surface area contributed by atoms with Crippen LogP contribution < -0.4 is 5.32 Å². The number of nitrogens with one attached hydrogen (secondary N) is 1. The maximum Gasteiger partial charge on any atom is 0.234 e. The number of aryl methyl sites for hydroxylation is 1. The molecule has 1 aromatic heterocycles. The van der Waals surface area contributed by atoms with Gasteiger partial charge in [-0.15, -0.1) is 10.2 Å². The molecule has 0 saturated carbocycles. The van der Waals surface area contributed by atoms with Crippen LogP contribution in [0.2, 0.25) is 0 Å². The maximum atomic E-state index is 14.0. The topological polar surface area (TPSA) is 42.7 Å². The second-order valence-electron chi connectivity index (χ2n) is 6.55. The van der Waals surface area contributed by atoms with E-state index in [1.54, 1.807) is 16.7 Å². The molecule has 0 unspecified atom stereocenters. The van der Waals surface area contributed by atoms with Crippen LogP contribution in [-0.2, 0) is 5.75 Å². The fourth-order valence-electron chi connectivity index (χ4n) is 2.91. The number of anilines is 2. The predicted octanol–water partition coefficient (Wildman–Crippen LogP) is 6.03. The van der Waals surface area contributed by atoms with Crippen molar-refractivity contribution in [3.63, 3.8) is 0 Å². The highest BCUT2D eigenvalue weighted by Crippen LogP contribution is 2.30. The van der Waals surface area contributed by atoms with Gasteiger partial charge in [0, 0.05) is 17.0 Å². The van der Waals surface area contributed by atoms with Gasteiger partial charge in [-0.05, 0) is 55.0 Å². The van der Waals surface area contributed by atoms with Gasteiger partial charge in [0.1, 0.15) is 17.5 Å². The van der Waals surface area contributed by atoms with Crippen LogP contribution in [0.4, 0.5) is 24.8 Å². The van der Waals surface area contributed by atoms with Crippen LogP contribution in [0.15, 0.2) is 71.9 Å². The lowest BCUT2D eigenvalue weighted by atomic mass is 10.2. The second kappa shape index (κ2) is 8.62. The van der Waals surface area contributed by atoms with Crippen LogP contribution in [-0.4, -0.2) is 14.8 Å². The Labute approximate surface area is 175 Å². The number of thioether (sulfide) groups is 1. The quantitative estimate of drug-likeness (QED) is 0.382. The number of rotatable bonds is 6. The number of benzene rings is 3. The Morgan fingerprint density at radius 1 is 0.867 bits per heavy atom. The summed E-state index contributed by atoms with van der Waals surface area (Å²) >= 11 is 1.14. The zero-order valence-corrected chi connectivity index (χ0v) is 16.8. The van der Waals surface area contributed by atoms with Crippen molar-refractivity contribution in [1.82, 2.24) is 14.8 Å². The number of halogens is 3. The summed E-state index contributed by atoms with van der Waals surface area (Å²) in [7, 11) is 0. The molecule has 1 N–H and O–H groups in total. The molecular weight excluding hydrogens is 409 g/mol. The van der Waals surface area contributed by atoms with Crippen LogP contribution >= 0.6 is 11.8 Å². The van der Waals surface area contributed by atoms with Crippen LogP contribution in [0.1, 0.15) is 11.1 Å². The molecule has 0 aliphatic carbocycles. The highest BCUT2D eigenvalue weighted by molar-refractivity contribution is 7.98. The van der Waals surface area contributed by atoms with Gasteiger partial charge >= 0.3 is 0 Å². The van der Waals surface area contributed by atoms with Crippen LogP contribution in [0.3, 0.4) is 0 Å². The minimum Gasteiger partial charge on any atom is -0.324 e. The largest absolute Gasteiger partial charge is 0.324 e. The summed E-state index contributed by atoms with van der Waals surface area (Å²) in [5, 5.41) is 12.0. The molecule has 30 heavy (non-hydrogen) atoms. The van der Waals surface area contributed by atoms with E-state index in [0.29, 0.717) is 16.8 Å². The third-order valence-corrected chi connectivity index (χ3v) is 5.47. The van der Waals surface area contributed by atoms with Gasteiger partial charge in [0.15, 0.2) is 5.16 Å². The minimum absolute atomic E-state index is 0.0300. The van der Waals surface area contributed by atoms with Gasteiger partial charge in [0.25, 0.3) is 0 Å². The standard InChI is InChI=1S/C22H17F3N4S/c1-14-5-2-3-8-20(14)26-21-27-28-22(29(21)16-11-9-15(23)10-12-16)30-13-17-18(24)6-4-7-19(17)25/h2-12H,13H2,1H3,(H,26,27). The molecule has 3 aromatic carbocycles. The van der Waals surface area contributed by atoms with Gasteiger partial charge in [0.2, 0.25) is 5.95 Å². The predicted molar refractivity (Wildman–Crippen MR) is 112 cm³/mol. The third kappa shape index (κ3) is 4.18. The van der Waals surface area contributed by atoms with E-state index in [4.69, 9.17) is 0 Å². The zero-order valence-electron chi connectivity index (χ0n) is 15.9. The first-order valence-electron chi connectivity index (χ1n) is 9.12. The van der Waals surface area contributed by atoms with Crippen LogP contribution in [0.5, 0.6) is 0 Å². The normalized spacial score (nSPS) is 10.9. The Bertz CT molecular complexity index is 1160. The fraction of sp³-hybridized carbons (Fsp3) is 0.0909. The molecule has 4 aromatic rings. The number of para-hydroxylation sites is 1. The summed E-state index contributed by atoms with van der Waals surface area (Å²) in [6.07, 6.45) is 0. The molecule has 1 heterocycles. The van der Waals surface area contributed by atoms with Crippen molar-refractivity contribution in [3.05, 3.63) is 95.3 Å². The van der Waals surface area contributed by atoms with E-state index in [1.165, 1.54) is 30.3 Å². The van der Waals surface area contributed by atoms with E-state index in [9.17, 15) is 13.2 Å². The highest BCUT2D eigenvalue weighted by Gasteiger charge is 2.17. The maximum absolute atomic E-state index is 14.0. The molecule has 0 spiro atoms. The molecule has 0 fully saturated rings. The number of hydrogen-bond acceptors (Lipinski definition) is 4. The molecule has 0 bridgehead atoms. The molecule has 0 aliphatic rings. The van der Waals surface area contributed by atoms with E-state index >= 15 is 0 Å². The minimum atomic E-state index is -0.617. The Hall–Kier alpha value is -3.26. The average Bonchev–Trinajstić information content (AvgIpc) is 3.12. The second-order valence-corrected chi connectivity index (χ2v) is 7.49. The lowest BCUT2D eigenvalue weighted by molar-refractivity contribution is 0.566. The molecule has 4 nitrogen and oxygen atoms in total. The van der Waals surface area contributed by atoms with Crippen molar-refractivity contribution in [3.8, 4) is 5.69 Å². The van der Waals surface area contributed by atoms with E-state index < -0.39 is 11.6 Å². The number of hydrogen-bond donors (Lipinski definition) is 1. The van der Waals surface area contributed by atoms with Crippen LogP contribution in [0, 0.1) is 24.4 Å². The van der Waals surface area contributed by atoms with Crippen molar-refractivity contribution in [1.29, 1.82) is 0 Å². The fourth-order valence-corrected chi connectivity index (χ4v) is 3.88. The molecule has 0 atom stereocenters. The molecule has 8 heteroatoms. The zero-order chi connectivity index (χ0) is 21.1. The van der Waals surface area contributed by atoms with Gasteiger partial charge in [-0.3, -0.25) is 4.57 Å². The van der Waals surface area contributed by atoms with E-state index in [-0.39, 0.29) is 17.1 Å². The van der Waals surface area contributed by atoms with Crippen molar-refractivity contribution in [2.24, 2.45) is 0 Å². The first kappa shape index (κ1) is 20.0. The van der Waals surface area contributed by atoms with Crippen molar-refractivity contribution in [2.45, 2.75) is 17.8 Å². The smallest absolute Gasteiger partial charge is 0.234 e. The van der Waals surface area contributed by atoms with Gasteiger partial charge in [-0.1, -0.05) is 36.0 Å². The first-order chi connectivity index (χ1) is 14.5. The summed E-state index contributed by atoms with van der Waals surface area (Å²) in [5.74, 6) is -1.17. The number of nitrogens with zero attached hydrogens (tertiary/aromatic N) is 3. The molecular formula is C22H17F3N4S. The van der Waals surface area contributed by atoms with Crippen LogP contribution in [0.25, 0.3) is 5.69 Å². The first-order valence-corrected chi connectivity index (χ1v) is 10.1. The summed E-state index contributed by atoms with van der Waals surface area (Å²) in [4.78, 5) is 0. The highest BCUT2D eigenvalue weighted by atomic mass is 32.2. The van der Waals surface area contributed by atoms with Gasteiger partial charge in [-0.25, -0.2) is 13.2 Å². The molecule has 0 saturated heterocycles. The lowest BCUT2D eigenvalue weighted by Crippen LogP contribution is -2.04. The molecule has 152 valence electrons. The molecule has 4 rings (SSSR count). The monoisotopic (exact) mass is 426 g/mol. The van der Waals surface area contributed by atoms with Gasteiger partial charge < -0.3 is 5.32 Å². The summed E-state index contributed by atoms with van der Waals surface area (Å²) < 4.78 is 43.1. The Morgan fingerprint density at radius 2 is 1.57 bits per heavy atom. The Morgan fingerprint density at radius 3 is 2.27 bits per heavy atom. The summed E-state index contributed by atoms with van der Waals surface area (Å²) in [5.41, 5.74) is 2.43. The van der Waals surface area contributed by atoms with Crippen molar-refractivity contribution < 1.29 is 13.2 Å². The van der Waals surface area contributed by atoms with Crippen molar-refractivity contribution in [2.75, 3.05) is 5.32 Å². The summed E-state index contributed by atoms with van der Waals surface area (Å²) in [6, 6.07) is 17.3. The van der Waals surface area contributed by atoms with Gasteiger partial charge in [-0.2, -0.15) is 0 Å². The molecule has 0 radical (unpaired) electrons. The third-order valence-electron chi connectivity index (χ3n) is 4.52. The Balaban J connectivity index is 1.70. The van der Waals surface area contributed by atoms with E-state index in [2.05, 4.69) is 15.5 Å². The lowest BCUT2D eigenvalue weighted by Gasteiger charge is -2.13.